The Labute approximate surface area is 200 Å². The third-order valence-electron chi connectivity index (χ3n) is 6.77. The maximum atomic E-state index is 11.4. The number of allylic oxidation sites excluding steroid dienone is 2. The number of carboxylic acid groups (broad SMARTS) is 3. The first-order valence-electron chi connectivity index (χ1n) is 12.7. The van der Waals surface area contributed by atoms with E-state index in [9.17, 15) is 29.7 Å². The number of hydrogen-bond donors (Lipinski definition) is 3. The van der Waals surface area contributed by atoms with Crippen molar-refractivity contribution in [3.05, 3.63) is 12.2 Å². The molecule has 0 radical (unpaired) electrons. The third kappa shape index (κ3) is 14.8. The van der Waals surface area contributed by atoms with E-state index in [1.54, 1.807) is 20.8 Å². The van der Waals surface area contributed by atoms with Gasteiger partial charge in [0, 0.05) is 19.3 Å². The zero-order valence-electron chi connectivity index (χ0n) is 21.3. The van der Waals surface area contributed by atoms with Gasteiger partial charge < -0.3 is 19.8 Å². The van der Waals surface area contributed by atoms with Crippen LogP contribution >= 0.6 is 0 Å². The highest BCUT2D eigenvalue weighted by molar-refractivity contribution is 5.70. The van der Waals surface area contributed by atoms with Gasteiger partial charge in [0.2, 0.25) is 0 Å². The van der Waals surface area contributed by atoms with Gasteiger partial charge in [-0.25, -0.2) is 0 Å². The Hall–Kier alpha value is -1.89. The smallest absolute Gasteiger partial charge is 0.306 e. The number of carboxylic acids is 3. The van der Waals surface area contributed by atoms with Gasteiger partial charge >= 0.3 is 17.9 Å². The van der Waals surface area contributed by atoms with Crippen LogP contribution in [0.1, 0.15) is 91.9 Å². The minimum Gasteiger partial charge on any atom is -0.481 e. The van der Waals surface area contributed by atoms with Gasteiger partial charge in [-0.2, -0.15) is 0 Å². The van der Waals surface area contributed by atoms with Crippen molar-refractivity contribution in [2.24, 2.45) is 17.8 Å². The Morgan fingerprint density at radius 1 is 0.636 bits per heavy atom. The summed E-state index contributed by atoms with van der Waals surface area (Å²) in [7, 11) is 0. The zero-order chi connectivity index (χ0) is 25.3. The van der Waals surface area contributed by atoms with Crippen LogP contribution in [-0.4, -0.2) is 63.9 Å². The summed E-state index contributed by atoms with van der Waals surface area (Å²) >= 11 is 0. The summed E-state index contributed by atoms with van der Waals surface area (Å²) in [5.74, 6) is -3.95. The molecule has 0 spiro atoms. The van der Waals surface area contributed by atoms with Crippen molar-refractivity contribution in [1.82, 2.24) is 0 Å². The van der Waals surface area contributed by atoms with Gasteiger partial charge in [0.05, 0.1) is 43.9 Å². The maximum absolute atomic E-state index is 11.4. The molecule has 7 heteroatoms. The molecular formula is C26H48NO6+. The average Bonchev–Trinajstić information content (AvgIpc) is 2.77. The standard InChI is InChI=1S/C26H47NO6/c1-5-6-7-8-9-10-11-12-13-17-27(18-14-21(2)24(28)29,19-15-22(3)25(30)31)20-16-23(4)26(32)33/h9-10,21-23H,5-8,11-20H2,1-4H3,(H2-,28,29,30,31,32,33)/p+1/b10-9+. The van der Waals surface area contributed by atoms with Gasteiger partial charge in [0.15, 0.2) is 0 Å². The molecule has 0 aliphatic heterocycles. The van der Waals surface area contributed by atoms with Crippen molar-refractivity contribution in [2.75, 3.05) is 26.2 Å². The summed E-state index contributed by atoms with van der Waals surface area (Å²) in [5.41, 5.74) is 0. The van der Waals surface area contributed by atoms with Crippen LogP contribution in [0.15, 0.2) is 12.2 Å². The first-order chi connectivity index (χ1) is 15.5. The average molecular weight is 471 g/mol. The van der Waals surface area contributed by atoms with Gasteiger partial charge in [0.1, 0.15) is 0 Å². The molecule has 33 heavy (non-hydrogen) atoms. The van der Waals surface area contributed by atoms with Crippen molar-refractivity contribution in [1.29, 1.82) is 0 Å². The van der Waals surface area contributed by atoms with Crippen molar-refractivity contribution in [2.45, 2.75) is 91.9 Å². The van der Waals surface area contributed by atoms with E-state index in [1.165, 1.54) is 19.3 Å². The van der Waals surface area contributed by atoms with Crippen molar-refractivity contribution in [3.63, 3.8) is 0 Å². The minimum atomic E-state index is -0.834. The van der Waals surface area contributed by atoms with E-state index < -0.39 is 35.7 Å². The summed E-state index contributed by atoms with van der Waals surface area (Å²) in [4.78, 5) is 34.2. The van der Waals surface area contributed by atoms with Crippen LogP contribution in [0.25, 0.3) is 0 Å². The Bertz CT molecular complexity index is 544. The number of hydrogen-bond acceptors (Lipinski definition) is 3. The molecule has 3 unspecified atom stereocenters. The Morgan fingerprint density at radius 2 is 1.00 bits per heavy atom. The number of carbonyl (C=O) groups is 3. The Balaban J connectivity index is 5.21. The van der Waals surface area contributed by atoms with E-state index in [0.717, 1.165) is 32.2 Å². The summed E-state index contributed by atoms with van der Waals surface area (Å²) in [6, 6.07) is 0. The lowest BCUT2D eigenvalue weighted by atomic mass is 10.0. The second-order valence-corrected chi connectivity index (χ2v) is 9.78. The molecule has 3 N–H and O–H groups in total. The molecule has 3 atom stereocenters. The third-order valence-corrected chi connectivity index (χ3v) is 6.77. The summed E-state index contributed by atoms with van der Waals surface area (Å²) in [5, 5.41) is 28.0. The number of rotatable bonds is 21. The first-order valence-corrected chi connectivity index (χ1v) is 12.7. The molecule has 192 valence electrons. The first kappa shape index (κ1) is 31.1. The molecule has 0 heterocycles. The topological polar surface area (TPSA) is 112 Å². The van der Waals surface area contributed by atoms with E-state index >= 15 is 0 Å². The molecule has 0 bridgehead atoms. The Kier molecular flexibility index (Phi) is 16.6. The SMILES string of the molecule is CCCCC/C=C/CCCC[N+](CCC(C)C(=O)O)(CCC(C)C(=O)O)CCC(C)C(=O)O. The van der Waals surface area contributed by atoms with E-state index in [-0.39, 0.29) is 0 Å². The van der Waals surface area contributed by atoms with Gasteiger partial charge in [-0.3, -0.25) is 14.4 Å². The molecule has 0 aromatic rings. The maximum Gasteiger partial charge on any atom is 0.306 e. The minimum absolute atomic E-state index is 0.484. The lowest BCUT2D eigenvalue weighted by Gasteiger charge is -2.40. The number of aliphatic carboxylic acids is 3. The van der Waals surface area contributed by atoms with E-state index in [0.29, 0.717) is 43.4 Å². The molecule has 0 aromatic heterocycles. The normalized spacial score (nSPS) is 16.2. The molecule has 0 aliphatic rings. The summed E-state index contributed by atoms with van der Waals surface area (Å²) in [6.07, 6.45) is 13.7. The van der Waals surface area contributed by atoms with E-state index in [1.807, 2.05) is 0 Å². The van der Waals surface area contributed by atoms with Crippen LogP contribution < -0.4 is 0 Å². The van der Waals surface area contributed by atoms with Gasteiger partial charge in [-0.15, -0.1) is 0 Å². The second kappa shape index (κ2) is 17.6. The molecular weight excluding hydrogens is 422 g/mol. The predicted molar refractivity (Wildman–Crippen MR) is 131 cm³/mol. The molecule has 7 nitrogen and oxygen atoms in total. The molecule has 0 aromatic carbocycles. The van der Waals surface area contributed by atoms with Gasteiger partial charge in [0.25, 0.3) is 0 Å². The number of quaternary nitrogens is 1. The number of unbranched alkanes of at least 4 members (excludes halogenated alkanes) is 5. The monoisotopic (exact) mass is 470 g/mol. The highest BCUT2D eigenvalue weighted by atomic mass is 16.4. The summed E-state index contributed by atoms with van der Waals surface area (Å²) in [6.45, 7) is 9.96. The molecule has 0 rings (SSSR count). The largest absolute Gasteiger partial charge is 0.481 e. The lowest BCUT2D eigenvalue weighted by Crippen LogP contribution is -2.52. The van der Waals surface area contributed by atoms with Crippen LogP contribution in [0, 0.1) is 17.8 Å². The van der Waals surface area contributed by atoms with Crippen LogP contribution in [0.3, 0.4) is 0 Å². The Morgan fingerprint density at radius 3 is 1.33 bits per heavy atom. The van der Waals surface area contributed by atoms with Gasteiger partial charge in [-0.1, -0.05) is 52.7 Å². The van der Waals surface area contributed by atoms with Crippen LogP contribution in [0.5, 0.6) is 0 Å². The molecule has 0 saturated carbocycles. The quantitative estimate of drug-likeness (QED) is 0.117. The van der Waals surface area contributed by atoms with Crippen molar-refractivity contribution < 1.29 is 34.2 Å². The fourth-order valence-electron chi connectivity index (χ4n) is 3.90. The van der Waals surface area contributed by atoms with Crippen LogP contribution in [0.4, 0.5) is 0 Å². The highest BCUT2D eigenvalue weighted by Gasteiger charge is 2.31. The highest BCUT2D eigenvalue weighted by Crippen LogP contribution is 2.21. The molecule has 0 amide bonds. The predicted octanol–water partition coefficient (Wildman–Crippen LogP) is 5.44. The van der Waals surface area contributed by atoms with Gasteiger partial charge in [-0.05, 0) is 32.1 Å². The fourth-order valence-corrected chi connectivity index (χ4v) is 3.90. The van der Waals surface area contributed by atoms with Crippen molar-refractivity contribution >= 4 is 17.9 Å². The van der Waals surface area contributed by atoms with E-state index in [4.69, 9.17) is 0 Å². The van der Waals surface area contributed by atoms with Crippen LogP contribution in [-0.2, 0) is 14.4 Å². The molecule has 0 fully saturated rings. The van der Waals surface area contributed by atoms with E-state index in [2.05, 4.69) is 19.1 Å². The van der Waals surface area contributed by atoms with Crippen LogP contribution in [0.2, 0.25) is 0 Å². The molecule has 0 aliphatic carbocycles. The zero-order valence-corrected chi connectivity index (χ0v) is 21.3. The van der Waals surface area contributed by atoms with Crippen molar-refractivity contribution in [3.8, 4) is 0 Å². The summed E-state index contributed by atoms with van der Waals surface area (Å²) < 4.78 is 0.590. The lowest BCUT2D eigenvalue weighted by molar-refractivity contribution is -0.929. The molecule has 0 saturated heterocycles. The number of nitrogens with zero attached hydrogens (tertiary/aromatic N) is 1. The fraction of sp³-hybridized carbons (Fsp3) is 0.808. The second-order valence-electron chi connectivity index (χ2n) is 9.78.